The van der Waals surface area contributed by atoms with Crippen molar-refractivity contribution in [1.29, 1.82) is 0 Å². The highest BCUT2D eigenvalue weighted by Gasteiger charge is 2.18. The van der Waals surface area contributed by atoms with Crippen LogP contribution in [0.4, 0.5) is 5.82 Å². The standard InChI is InChI=1S/C17H17N3O2S/c1-2-14(17(21)22)11-4-3-5-13(8-11)20-16(18)9-15(19-20)12-6-7-23-10-12/h3-10,14H,2,18H2,1H3,(H,21,22). The molecule has 2 aromatic heterocycles. The highest BCUT2D eigenvalue weighted by molar-refractivity contribution is 7.08. The summed E-state index contributed by atoms with van der Waals surface area (Å²) >= 11 is 1.60. The zero-order chi connectivity index (χ0) is 16.4. The van der Waals surface area contributed by atoms with Crippen molar-refractivity contribution < 1.29 is 9.90 Å². The fraction of sp³-hybridized carbons (Fsp3) is 0.176. The van der Waals surface area contributed by atoms with Crippen LogP contribution in [0, 0.1) is 0 Å². The van der Waals surface area contributed by atoms with Gasteiger partial charge in [-0.2, -0.15) is 16.4 Å². The highest BCUT2D eigenvalue weighted by Crippen LogP contribution is 2.27. The molecule has 6 heteroatoms. The second-order valence-electron chi connectivity index (χ2n) is 5.27. The van der Waals surface area contributed by atoms with Crippen LogP contribution in [0.5, 0.6) is 0 Å². The molecule has 0 amide bonds. The topological polar surface area (TPSA) is 81.1 Å². The molecule has 0 spiro atoms. The summed E-state index contributed by atoms with van der Waals surface area (Å²) in [4.78, 5) is 11.4. The number of nitrogens with two attached hydrogens (primary N) is 1. The highest BCUT2D eigenvalue weighted by atomic mass is 32.1. The van der Waals surface area contributed by atoms with Crippen LogP contribution in [-0.2, 0) is 4.79 Å². The van der Waals surface area contributed by atoms with E-state index in [1.165, 1.54) is 0 Å². The first kappa shape index (κ1) is 15.3. The quantitative estimate of drug-likeness (QED) is 0.747. The predicted molar refractivity (Wildman–Crippen MR) is 92.0 cm³/mol. The number of carbonyl (C=O) groups is 1. The van der Waals surface area contributed by atoms with E-state index >= 15 is 0 Å². The lowest BCUT2D eigenvalue weighted by Gasteiger charge is -2.12. The molecule has 0 aliphatic carbocycles. The Labute approximate surface area is 138 Å². The Balaban J connectivity index is 2.01. The zero-order valence-corrected chi connectivity index (χ0v) is 13.5. The van der Waals surface area contributed by atoms with Crippen molar-refractivity contribution in [2.75, 3.05) is 5.73 Å². The average Bonchev–Trinajstić information content (AvgIpc) is 3.17. The lowest BCUT2D eigenvalue weighted by molar-refractivity contribution is -0.138. The van der Waals surface area contributed by atoms with Gasteiger partial charge in [0.05, 0.1) is 17.3 Å². The van der Waals surface area contributed by atoms with E-state index in [4.69, 9.17) is 5.73 Å². The molecular weight excluding hydrogens is 310 g/mol. The lowest BCUT2D eigenvalue weighted by Crippen LogP contribution is -2.11. The molecular formula is C17H17N3O2S. The van der Waals surface area contributed by atoms with Crippen LogP contribution >= 0.6 is 11.3 Å². The summed E-state index contributed by atoms with van der Waals surface area (Å²) in [6.45, 7) is 1.86. The van der Waals surface area contributed by atoms with E-state index in [0.717, 1.165) is 22.5 Å². The number of aliphatic carboxylic acids is 1. The van der Waals surface area contributed by atoms with Crippen LogP contribution in [0.2, 0.25) is 0 Å². The molecule has 5 nitrogen and oxygen atoms in total. The van der Waals surface area contributed by atoms with Gasteiger partial charge in [0.2, 0.25) is 0 Å². The first-order valence-corrected chi connectivity index (χ1v) is 8.25. The first-order valence-electron chi connectivity index (χ1n) is 7.31. The van der Waals surface area contributed by atoms with Crippen LogP contribution in [0.1, 0.15) is 24.8 Å². The van der Waals surface area contributed by atoms with Gasteiger partial charge in [-0.25, -0.2) is 4.68 Å². The minimum Gasteiger partial charge on any atom is -0.481 e. The van der Waals surface area contributed by atoms with Crippen molar-refractivity contribution in [3.63, 3.8) is 0 Å². The summed E-state index contributed by atoms with van der Waals surface area (Å²) in [6, 6.07) is 11.2. The number of hydrogen-bond donors (Lipinski definition) is 2. The fourth-order valence-electron chi connectivity index (χ4n) is 2.58. The van der Waals surface area contributed by atoms with Crippen LogP contribution in [0.25, 0.3) is 16.9 Å². The van der Waals surface area contributed by atoms with E-state index < -0.39 is 11.9 Å². The molecule has 1 atom stereocenters. The van der Waals surface area contributed by atoms with Gasteiger partial charge in [0.25, 0.3) is 0 Å². The van der Waals surface area contributed by atoms with Gasteiger partial charge in [-0.1, -0.05) is 19.1 Å². The van der Waals surface area contributed by atoms with Crippen LogP contribution in [0.15, 0.2) is 47.2 Å². The van der Waals surface area contributed by atoms with Crippen molar-refractivity contribution in [3.8, 4) is 16.9 Å². The summed E-state index contributed by atoms with van der Waals surface area (Å²) in [5.74, 6) is -0.827. The molecule has 3 rings (SSSR count). The molecule has 0 saturated carbocycles. The van der Waals surface area contributed by atoms with Gasteiger partial charge in [-0.05, 0) is 35.6 Å². The van der Waals surface area contributed by atoms with E-state index in [1.807, 2.05) is 54.1 Å². The van der Waals surface area contributed by atoms with Gasteiger partial charge in [-0.15, -0.1) is 0 Å². The molecule has 2 heterocycles. The Morgan fingerprint density at radius 3 is 2.87 bits per heavy atom. The summed E-state index contributed by atoms with van der Waals surface area (Å²) in [5, 5.41) is 17.9. The molecule has 0 radical (unpaired) electrons. The van der Waals surface area contributed by atoms with Crippen molar-refractivity contribution in [2.24, 2.45) is 0 Å². The van der Waals surface area contributed by atoms with Gasteiger partial charge in [0, 0.05) is 17.0 Å². The second kappa shape index (κ2) is 6.26. The van der Waals surface area contributed by atoms with E-state index in [9.17, 15) is 9.90 Å². The third-order valence-corrected chi connectivity index (χ3v) is 4.46. The smallest absolute Gasteiger partial charge is 0.310 e. The zero-order valence-electron chi connectivity index (χ0n) is 12.6. The van der Waals surface area contributed by atoms with E-state index in [1.54, 1.807) is 16.0 Å². The Morgan fingerprint density at radius 1 is 1.39 bits per heavy atom. The summed E-state index contributed by atoms with van der Waals surface area (Å²) < 4.78 is 1.64. The van der Waals surface area contributed by atoms with Gasteiger partial charge in [0.1, 0.15) is 5.82 Å². The number of thiophene rings is 1. The molecule has 1 unspecified atom stereocenters. The SMILES string of the molecule is CCC(C(=O)O)c1cccc(-n2nc(-c3ccsc3)cc2N)c1. The van der Waals surface area contributed by atoms with Crippen molar-refractivity contribution in [3.05, 3.63) is 52.7 Å². The number of anilines is 1. The van der Waals surface area contributed by atoms with E-state index in [2.05, 4.69) is 5.10 Å². The van der Waals surface area contributed by atoms with Crippen LogP contribution < -0.4 is 5.73 Å². The average molecular weight is 327 g/mol. The molecule has 3 aromatic rings. The normalized spacial score (nSPS) is 12.2. The second-order valence-corrected chi connectivity index (χ2v) is 6.05. The molecule has 3 N–H and O–H groups in total. The minimum absolute atomic E-state index is 0.520. The lowest BCUT2D eigenvalue weighted by atomic mass is 9.96. The first-order chi connectivity index (χ1) is 11.1. The number of nitrogens with zero attached hydrogens (tertiary/aromatic N) is 2. The Bertz CT molecular complexity index is 824. The van der Waals surface area contributed by atoms with Crippen molar-refractivity contribution >= 4 is 23.1 Å². The van der Waals surface area contributed by atoms with Crippen molar-refractivity contribution in [2.45, 2.75) is 19.3 Å². The number of aromatic nitrogens is 2. The third kappa shape index (κ3) is 2.98. The number of benzene rings is 1. The van der Waals surface area contributed by atoms with Gasteiger partial charge < -0.3 is 10.8 Å². The predicted octanol–water partition coefficient (Wildman–Crippen LogP) is 3.76. The monoisotopic (exact) mass is 327 g/mol. The summed E-state index contributed by atoms with van der Waals surface area (Å²) in [5.41, 5.74) is 9.43. The number of nitrogen functional groups attached to an aromatic ring is 1. The third-order valence-electron chi connectivity index (χ3n) is 3.78. The summed E-state index contributed by atoms with van der Waals surface area (Å²) in [7, 11) is 0. The van der Waals surface area contributed by atoms with E-state index in [0.29, 0.717) is 12.2 Å². The van der Waals surface area contributed by atoms with E-state index in [-0.39, 0.29) is 0 Å². The van der Waals surface area contributed by atoms with Gasteiger partial charge >= 0.3 is 5.97 Å². The molecule has 0 aliphatic rings. The van der Waals surface area contributed by atoms with Crippen LogP contribution in [-0.4, -0.2) is 20.9 Å². The minimum atomic E-state index is -0.822. The maximum absolute atomic E-state index is 11.4. The molecule has 0 fully saturated rings. The number of carboxylic acids is 1. The number of rotatable bonds is 5. The molecule has 23 heavy (non-hydrogen) atoms. The van der Waals surface area contributed by atoms with Gasteiger partial charge in [0.15, 0.2) is 0 Å². The molecule has 1 aromatic carbocycles. The molecule has 0 saturated heterocycles. The molecule has 0 bridgehead atoms. The molecule has 118 valence electrons. The van der Waals surface area contributed by atoms with Crippen molar-refractivity contribution in [1.82, 2.24) is 9.78 Å². The Hall–Kier alpha value is -2.60. The molecule has 0 aliphatic heterocycles. The Morgan fingerprint density at radius 2 is 2.22 bits per heavy atom. The fourth-order valence-corrected chi connectivity index (χ4v) is 3.23. The number of hydrogen-bond acceptors (Lipinski definition) is 4. The maximum atomic E-state index is 11.4. The van der Waals surface area contributed by atoms with Crippen LogP contribution in [0.3, 0.4) is 0 Å². The maximum Gasteiger partial charge on any atom is 0.310 e. The largest absolute Gasteiger partial charge is 0.481 e. The Kier molecular flexibility index (Phi) is 4.16. The number of carboxylic acid groups (broad SMARTS) is 1. The van der Waals surface area contributed by atoms with Gasteiger partial charge in [-0.3, -0.25) is 4.79 Å². The summed E-state index contributed by atoms with van der Waals surface area (Å²) in [6.07, 6.45) is 0.535.